The van der Waals surface area contributed by atoms with Crippen LogP contribution in [0.4, 0.5) is 0 Å². The Morgan fingerprint density at radius 1 is 1.38 bits per heavy atom. The quantitative estimate of drug-likeness (QED) is 0.744. The van der Waals surface area contributed by atoms with Crippen LogP contribution >= 0.6 is 0 Å². The number of hydrogen-bond acceptors (Lipinski definition) is 3. The van der Waals surface area contributed by atoms with Gasteiger partial charge in [0.15, 0.2) is 0 Å². The molecule has 0 saturated heterocycles. The predicted octanol–water partition coefficient (Wildman–Crippen LogP) is 1.38. The van der Waals surface area contributed by atoms with Crippen molar-refractivity contribution in [3.63, 3.8) is 0 Å². The number of nitrogens with zero attached hydrogens (tertiary/aromatic N) is 2. The molecule has 0 aliphatic carbocycles. The van der Waals surface area contributed by atoms with Gasteiger partial charge in [-0.05, 0) is 17.7 Å². The number of rotatable bonds is 5. The largest absolute Gasteiger partial charge is 0.508 e. The van der Waals surface area contributed by atoms with Crippen LogP contribution in [0.2, 0.25) is 0 Å². The highest BCUT2D eigenvalue weighted by Crippen LogP contribution is 2.10. The van der Waals surface area contributed by atoms with E-state index in [-0.39, 0.29) is 0 Å². The Morgan fingerprint density at radius 3 is 3.06 bits per heavy atom. The molecule has 2 aromatic rings. The third kappa shape index (κ3) is 3.10. The van der Waals surface area contributed by atoms with Crippen molar-refractivity contribution in [1.82, 2.24) is 14.9 Å². The molecule has 0 bridgehead atoms. The van der Waals surface area contributed by atoms with E-state index in [1.165, 1.54) is 0 Å². The van der Waals surface area contributed by atoms with E-state index >= 15 is 0 Å². The molecular formula is C12H15N3O. The summed E-state index contributed by atoms with van der Waals surface area (Å²) in [5.41, 5.74) is 1.09. The highest BCUT2D eigenvalue weighted by Gasteiger charge is 1.94. The number of phenolic OH excluding ortho intramolecular Hbond substituents is 1. The van der Waals surface area contributed by atoms with Gasteiger partial charge in [0, 0.05) is 32.0 Å². The third-order valence-corrected chi connectivity index (χ3v) is 2.35. The lowest BCUT2D eigenvalue weighted by Crippen LogP contribution is -2.18. The predicted molar refractivity (Wildman–Crippen MR) is 62.0 cm³/mol. The average Bonchev–Trinajstić information content (AvgIpc) is 2.77. The van der Waals surface area contributed by atoms with Crippen molar-refractivity contribution in [2.45, 2.75) is 13.1 Å². The van der Waals surface area contributed by atoms with Crippen LogP contribution in [0.5, 0.6) is 5.75 Å². The normalized spacial score (nSPS) is 10.5. The Hall–Kier alpha value is -1.81. The molecule has 0 aliphatic rings. The molecule has 0 amide bonds. The van der Waals surface area contributed by atoms with Gasteiger partial charge in [0.05, 0.1) is 6.33 Å². The minimum Gasteiger partial charge on any atom is -0.508 e. The van der Waals surface area contributed by atoms with E-state index in [9.17, 15) is 5.11 Å². The summed E-state index contributed by atoms with van der Waals surface area (Å²) < 4.78 is 2.02. The number of aromatic nitrogens is 2. The van der Waals surface area contributed by atoms with E-state index < -0.39 is 0 Å². The van der Waals surface area contributed by atoms with Crippen molar-refractivity contribution in [3.8, 4) is 5.75 Å². The molecule has 0 aliphatic heterocycles. The fourth-order valence-corrected chi connectivity index (χ4v) is 1.53. The minimum absolute atomic E-state index is 0.314. The van der Waals surface area contributed by atoms with Gasteiger partial charge >= 0.3 is 0 Å². The molecule has 0 atom stereocenters. The maximum absolute atomic E-state index is 9.28. The molecule has 1 aromatic carbocycles. The topological polar surface area (TPSA) is 50.1 Å². The zero-order valence-corrected chi connectivity index (χ0v) is 9.00. The number of aromatic hydroxyl groups is 1. The Labute approximate surface area is 94.6 Å². The Morgan fingerprint density at radius 2 is 2.31 bits per heavy atom. The summed E-state index contributed by atoms with van der Waals surface area (Å²) >= 11 is 0. The van der Waals surface area contributed by atoms with Gasteiger partial charge in [-0.1, -0.05) is 12.1 Å². The summed E-state index contributed by atoms with van der Waals surface area (Å²) in [4.78, 5) is 3.97. The Bertz CT molecular complexity index is 426. The van der Waals surface area contributed by atoms with Gasteiger partial charge < -0.3 is 15.0 Å². The second kappa shape index (κ2) is 5.32. The zero-order chi connectivity index (χ0) is 11.2. The summed E-state index contributed by atoms with van der Waals surface area (Å²) in [6, 6.07) is 7.28. The van der Waals surface area contributed by atoms with E-state index in [4.69, 9.17) is 0 Å². The van der Waals surface area contributed by atoms with Crippen molar-refractivity contribution < 1.29 is 5.11 Å². The molecule has 2 N–H and O–H groups in total. The van der Waals surface area contributed by atoms with Gasteiger partial charge in [-0.25, -0.2) is 4.98 Å². The maximum atomic E-state index is 9.28. The van der Waals surface area contributed by atoms with Crippen LogP contribution in [0.15, 0.2) is 43.0 Å². The summed E-state index contributed by atoms with van der Waals surface area (Å²) in [6.07, 6.45) is 5.52. The van der Waals surface area contributed by atoms with Crippen molar-refractivity contribution in [2.75, 3.05) is 6.54 Å². The molecule has 84 valence electrons. The molecular weight excluding hydrogens is 202 g/mol. The second-order valence-corrected chi connectivity index (χ2v) is 3.65. The first kappa shape index (κ1) is 10.7. The molecule has 0 unspecified atom stereocenters. The first-order valence-corrected chi connectivity index (χ1v) is 5.29. The number of nitrogens with one attached hydrogen (secondary N) is 1. The summed E-state index contributed by atoms with van der Waals surface area (Å²) in [5, 5.41) is 12.6. The van der Waals surface area contributed by atoms with Crippen molar-refractivity contribution in [2.24, 2.45) is 0 Å². The number of phenols is 1. The van der Waals surface area contributed by atoms with Gasteiger partial charge in [0.2, 0.25) is 0 Å². The van der Waals surface area contributed by atoms with Crippen LogP contribution in [-0.4, -0.2) is 21.2 Å². The average molecular weight is 217 g/mol. The van der Waals surface area contributed by atoms with E-state index in [1.807, 2.05) is 22.9 Å². The highest BCUT2D eigenvalue weighted by atomic mass is 16.3. The molecule has 0 fully saturated rings. The van der Waals surface area contributed by atoms with E-state index in [2.05, 4.69) is 10.3 Å². The summed E-state index contributed by atoms with van der Waals surface area (Å²) in [7, 11) is 0. The van der Waals surface area contributed by atoms with Gasteiger partial charge in [-0.15, -0.1) is 0 Å². The first-order valence-electron chi connectivity index (χ1n) is 5.29. The molecule has 0 saturated carbocycles. The number of imidazole rings is 1. The molecule has 16 heavy (non-hydrogen) atoms. The Balaban J connectivity index is 1.72. The standard InChI is InChI=1S/C12H15N3O/c16-12-3-1-2-11(8-12)9-13-4-6-15-7-5-14-10-15/h1-3,5,7-8,10,13,16H,4,6,9H2. The molecule has 1 aromatic heterocycles. The van der Waals surface area contributed by atoms with Crippen molar-refractivity contribution in [1.29, 1.82) is 0 Å². The van der Waals surface area contributed by atoms with Gasteiger partial charge in [-0.3, -0.25) is 0 Å². The van der Waals surface area contributed by atoms with Crippen LogP contribution in [-0.2, 0) is 13.1 Å². The minimum atomic E-state index is 0.314. The fraction of sp³-hybridized carbons (Fsp3) is 0.250. The molecule has 0 spiro atoms. The molecule has 4 heteroatoms. The van der Waals surface area contributed by atoms with Gasteiger partial charge in [0.25, 0.3) is 0 Å². The molecule has 0 radical (unpaired) electrons. The van der Waals surface area contributed by atoms with Gasteiger partial charge in [0.1, 0.15) is 5.75 Å². The fourth-order valence-electron chi connectivity index (χ4n) is 1.53. The SMILES string of the molecule is Oc1cccc(CNCCn2ccnc2)c1. The second-order valence-electron chi connectivity index (χ2n) is 3.65. The van der Waals surface area contributed by atoms with Gasteiger partial charge in [-0.2, -0.15) is 0 Å². The van der Waals surface area contributed by atoms with Crippen LogP contribution in [0.1, 0.15) is 5.56 Å². The van der Waals surface area contributed by atoms with Crippen LogP contribution in [0, 0.1) is 0 Å². The van der Waals surface area contributed by atoms with Crippen molar-refractivity contribution in [3.05, 3.63) is 48.5 Å². The third-order valence-electron chi connectivity index (χ3n) is 2.35. The van der Waals surface area contributed by atoms with Crippen LogP contribution < -0.4 is 5.32 Å². The van der Waals surface area contributed by atoms with Crippen LogP contribution in [0.3, 0.4) is 0 Å². The number of hydrogen-bond donors (Lipinski definition) is 2. The highest BCUT2D eigenvalue weighted by molar-refractivity contribution is 5.26. The monoisotopic (exact) mass is 217 g/mol. The first-order chi connectivity index (χ1) is 7.84. The maximum Gasteiger partial charge on any atom is 0.115 e. The van der Waals surface area contributed by atoms with E-state index in [1.54, 1.807) is 24.7 Å². The van der Waals surface area contributed by atoms with E-state index in [0.29, 0.717) is 5.75 Å². The Kier molecular flexibility index (Phi) is 3.56. The van der Waals surface area contributed by atoms with Crippen molar-refractivity contribution >= 4 is 0 Å². The number of benzene rings is 1. The summed E-state index contributed by atoms with van der Waals surface area (Å²) in [5.74, 6) is 0.314. The van der Waals surface area contributed by atoms with E-state index in [0.717, 1.165) is 25.2 Å². The zero-order valence-electron chi connectivity index (χ0n) is 9.00. The molecule has 4 nitrogen and oxygen atoms in total. The smallest absolute Gasteiger partial charge is 0.115 e. The lowest BCUT2D eigenvalue weighted by molar-refractivity contribution is 0.474. The molecule has 1 heterocycles. The lowest BCUT2D eigenvalue weighted by Gasteiger charge is -2.05. The summed E-state index contributed by atoms with van der Waals surface area (Å²) in [6.45, 7) is 2.55. The van der Waals surface area contributed by atoms with Crippen LogP contribution in [0.25, 0.3) is 0 Å². The lowest BCUT2D eigenvalue weighted by atomic mass is 10.2. The molecule has 2 rings (SSSR count).